The number of thioether (sulfide) groups is 1. The first-order valence-electron chi connectivity index (χ1n) is 10.5. The Morgan fingerprint density at radius 1 is 0.914 bits per heavy atom. The highest BCUT2D eigenvalue weighted by molar-refractivity contribution is 7.98. The van der Waals surface area contributed by atoms with Crippen LogP contribution in [0.2, 0.25) is 0 Å². The van der Waals surface area contributed by atoms with Crippen LogP contribution in [0.5, 0.6) is 0 Å². The smallest absolute Gasteiger partial charge is 0.262 e. The minimum Gasteiger partial charge on any atom is -0.281 e. The summed E-state index contributed by atoms with van der Waals surface area (Å²) in [4.78, 5) is 17.6. The van der Waals surface area contributed by atoms with Crippen molar-refractivity contribution in [2.24, 2.45) is 0 Å². The summed E-state index contributed by atoms with van der Waals surface area (Å²) in [7, 11) is 0. The molecule has 35 heavy (non-hydrogen) atoms. The molecule has 0 atom stereocenters. The van der Waals surface area contributed by atoms with Crippen LogP contribution in [0.4, 0.5) is 8.78 Å². The molecule has 0 spiro atoms. The second-order valence-electron chi connectivity index (χ2n) is 7.51. The van der Waals surface area contributed by atoms with E-state index in [1.165, 1.54) is 40.6 Å². The fourth-order valence-corrected chi connectivity index (χ4v) is 4.56. The van der Waals surface area contributed by atoms with Crippen LogP contribution in [0.25, 0.3) is 28.0 Å². The van der Waals surface area contributed by atoms with Gasteiger partial charge in [-0.1, -0.05) is 23.9 Å². The summed E-state index contributed by atoms with van der Waals surface area (Å²) < 4.78 is 30.1. The average Bonchev–Trinajstić information content (AvgIpc) is 3.29. The van der Waals surface area contributed by atoms with Gasteiger partial charge in [0.1, 0.15) is 24.0 Å². The van der Waals surface area contributed by atoms with Gasteiger partial charge in [-0.2, -0.15) is 5.26 Å². The zero-order chi connectivity index (χ0) is 24.4. The first-order valence-corrected chi connectivity index (χ1v) is 11.5. The third kappa shape index (κ3) is 4.41. The van der Waals surface area contributed by atoms with Gasteiger partial charge in [0.05, 0.1) is 22.7 Å². The highest BCUT2D eigenvalue weighted by Gasteiger charge is 2.18. The molecule has 0 saturated heterocycles. The number of hydrogen-bond acceptors (Lipinski definition) is 6. The van der Waals surface area contributed by atoms with Crippen LogP contribution in [-0.2, 0) is 12.3 Å². The predicted molar refractivity (Wildman–Crippen MR) is 128 cm³/mol. The summed E-state index contributed by atoms with van der Waals surface area (Å²) in [6.45, 7) is -0.141. The Labute approximate surface area is 202 Å². The van der Waals surface area contributed by atoms with Crippen LogP contribution >= 0.6 is 11.8 Å². The standard InChI is InChI=1S/C25H16F2N6OS/c26-17-7-5-16(6-8-17)23-30-31-25(33(23)19-11-9-18(27)10-12-19)35-15-22-29-21-4-2-1-3-20(21)24(34)32(22)14-13-28/h1-12H,14-15H2. The molecule has 0 aliphatic rings. The lowest BCUT2D eigenvalue weighted by atomic mass is 10.2. The number of nitrogens with zero attached hydrogens (tertiary/aromatic N) is 6. The monoisotopic (exact) mass is 486 g/mol. The molecule has 0 radical (unpaired) electrons. The van der Waals surface area contributed by atoms with Gasteiger partial charge in [-0.05, 0) is 60.7 Å². The van der Waals surface area contributed by atoms with Crippen LogP contribution in [0.3, 0.4) is 0 Å². The minimum absolute atomic E-state index is 0.141. The number of halogens is 2. The van der Waals surface area contributed by atoms with Gasteiger partial charge in [-0.25, -0.2) is 13.8 Å². The van der Waals surface area contributed by atoms with Crippen molar-refractivity contribution in [3.63, 3.8) is 0 Å². The van der Waals surface area contributed by atoms with Crippen molar-refractivity contribution in [1.82, 2.24) is 24.3 Å². The third-order valence-corrected chi connectivity index (χ3v) is 6.25. The Balaban J connectivity index is 1.57. The van der Waals surface area contributed by atoms with E-state index in [2.05, 4.69) is 15.2 Å². The van der Waals surface area contributed by atoms with E-state index < -0.39 is 0 Å². The molecule has 0 aliphatic heterocycles. The van der Waals surface area contributed by atoms with Gasteiger partial charge in [0, 0.05) is 11.3 Å². The van der Waals surface area contributed by atoms with Crippen molar-refractivity contribution in [3.05, 3.63) is 101 Å². The molecular formula is C25H16F2N6OS. The van der Waals surface area contributed by atoms with E-state index in [-0.39, 0.29) is 29.5 Å². The van der Waals surface area contributed by atoms with Crippen LogP contribution in [-0.4, -0.2) is 24.3 Å². The maximum Gasteiger partial charge on any atom is 0.262 e. The second-order valence-corrected chi connectivity index (χ2v) is 8.45. The topological polar surface area (TPSA) is 89.4 Å². The number of aromatic nitrogens is 5. The average molecular weight is 487 g/mol. The summed E-state index contributed by atoms with van der Waals surface area (Å²) in [5.41, 5.74) is 1.48. The molecule has 0 aliphatic carbocycles. The Kier molecular flexibility index (Phi) is 6.08. The van der Waals surface area contributed by atoms with Gasteiger partial charge in [-0.15, -0.1) is 10.2 Å². The SMILES string of the molecule is N#CCn1c(CSc2nnc(-c3ccc(F)cc3)n2-c2ccc(F)cc2)nc2ccccc2c1=O. The van der Waals surface area contributed by atoms with Gasteiger partial charge in [0.2, 0.25) is 0 Å². The number of nitriles is 1. The van der Waals surface area contributed by atoms with E-state index in [0.29, 0.717) is 39.0 Å². The normalized spacial score (nSPS) is 11.0. The molecule has 5 rings (SSSR count). The Hall–Kier alpha value is -4.36. The maximum absolute atomic E-state index is 13.6. The molecule has 0 fully saturated rings. The summed E-state index contributed by atoms with van der Waals surface area (Å²) in [5, 5.41) is 18.7. The highest BCUT2D eigenvalue weighted by Crippen LogP contribution is 2.30. The summed E-state index contributed by atoms with van der Waals surface area (Å²) >= 11 is 1.27. The molecule has 10 heteroatoms. The summed E-state index contributed by atoms with van der Waals surface area (Å²) in [6, 6.07) is 20.6. The molecule has 0 N–H and O–H groups in total. The Morgan fingerprint density at radius 3 is 2.31 bits per heavy atom. The number of hydrogen-bond donors (Lipinski definition) is 0. The first-order chi connectivity index (χ1) is 17.0. The number of para-hydroxylation sites is 1. The molecule has 0 amide bonds. The zero-order valence-electron chi connectivity index (χ0n) is 18.1. The van der Waals surface area contributed by atoms with Crippen molar-refractivity contribution in [1.29, 1.82) is 5.26 Å². The van der Waals surface area contributed by atoms with E-state index in [0.717, 1.165) is 0 Å². The van der Waals surface area contributed by atoms with Gasteiger partial charge in [0.25, 0.3) is 5.56 Å². The van der Waals surface area contributed by atoms with E-state index in [4.69, 9.17) is 0 Å². The lowest BCUT2D eigenvalue weighted by molar-refractivity contribution is 0.626. The fourth-order valence-electron chi connectivity index (χ4n) is 3.66. The molecule has 2 aromatic heterocycles. The molecular weight excluding hydrogens is 470 g/mol. The minimum atomic E-state index is -0.389. The lowest BCUT2D eigenvalue weighted by Crippen LogP contribution is -2.24. The number of benzene rings is 3. The van der Waals surface area contributed by atoms with Crippen molar-refractivity contribution in [3.8, 4) is 23.1 Å². The second kappa shape index (κ2) is 9.48. The first kappa shape index (κ1) is 22.4. The quantitative estimate of drug-likeness (QED) is 0.322. The van der Waals surface area contributed by atoms with Crippen molar-refractivity contribution in [2.45, 2.75) is 17.5 Å². The van der Waals surface area contributed by atoms with Crippen LogP contribution < -0.4 is 5.56 Å². The van der Waals surface area contributed by atoms with Crippen LogP contribution in [0.15, 0.2) is 82.7 Å². The van der Waals surface area contributed by atoms with Crippen molar-refractivity contribution < 1.29 is 8.78 Å². The Bertz CT molecular complexity index is 1620. The van der Waals surface area contributed by atoms with Gasteiger partial charge in [-0.3, -0.25) is 13.9 Å². The van der Waals surface area contributed by atoms with Crippen LogP contribution in [0.1, 0.15) is 5.82 Å². The van der Waals surface area contributed by atoms with Gasteiger partial charge >= 0.3 is 0 Å². The van der Waals surface area contributed by atoms with E-state index >= 15 is 0 Å². The van der Waals surface area contributed by atoms with E-state index in [1.54, 1.807) is 53.1 Å². The third-order valence-electron chi connectivity index (χ3n) is 5.32. The number of rotatable bonds is 6. The van der Waals surface area contributed by atoms with Crippen molar-refractivity contribution >= 4 is 22.7 Å². The Morgan fingerprint density at radius 2 is 1.60 bits per heavy atom. The van der Waals surface area contributed by atoms with Crippen molar-refractivity contribution in [2.75, 3.05) is 0 Å². The highest BCUT2D eigenvalue weighted by atomic mass is 32.2. The lowest BCUT2D eigenvalue weighted by Gasteiger charge is -2.12. The zero-order valence-corrected chi connectivity index (χ0v) is 18.9. The molecule has 3 aromatic carbocycles. The predicted octanol–water partition coefficient (Wildman–Crippen LogP) is 4.74. The molecule has 0 saturated carbocycles. The fraction of sp³-hybridized carbons (Fsp3) is 0.0800. The molecule has 172 valence electrons. The summed E-state index contributed by atoms with van der Waals surface area (Å²) in [6.07, 6.45) is 0. The molecule has 0 unspecified atom stereocenters. The molecule has 7 nitrogen and oxygen atoms in total. The maximum atomic E-state index is 13.6. The molecule has 5 aromatic rings. The largest absolute Gasteiger partial charge is 0.281 e. The van der Waals surface area contributed by atoms with E-state index in [1.807, 2.05) is 6.07 Å². The van der Waals surface area contributed by atoms with Gasteiger partial charge < -0.3 is 0 Å². The number of fused-ring (bicyclic) bond motifs is 1. The van der Waals surface area contributed by atoms with E-state index in [9.17, 15) is 18.8 Å². The van der Waals surface area contributed by atoms with Crippen LogP contribution in [0, 0.1) is 23.0 Å². The van der Waals surface area contributed by atoms with Gasteiger partial charge in [0.15, 0.2) is 11.0 Å². The summed E-state index contributed by atoms with van der Waals surface area (Å²) in [5.74, 6) is 0.316. The molecule has 0 bridgehead atoms. The molecule has 2 heterocycles.